The monoisotopic (exact) mass is 240 g/mol. The average Bonchev–Trinajstić information content (AvgIpc) is 2.60. The molecule has 0 aromatic carbocycles. The molecule has 17 heavy (non-hydrogen) atoms. The van der Waals surface area contributed by atoms with Gasteiger partial charge in [-0.3, -0.25) is 9.48 Å². The normalized spacial score (nSPS) is 25.0. The van der Waals surface area contributed by atoms with E-state index in [-0.39, 0.29) is 18.5 Å². The quantitative estimate of drug-likeness (QED) is 0.793. The number of hydrogen-bond donors (Lipinski definition) is 1. The smallest absolute Gasteiger partial charge is 0.219 e. The third-order valence-electron chi connectivity index (χ3n) is 3.35. The van der Waals surface area contributed by atoms with Crippen LogP contribution in [0.4, 0.5) is 10.1 Å². The molecule has 2 rings (SSSR count). The Hall–Kier alpha value is -1.59. The van der Waals surface area contributed by atoms with Gasteiger partial charge in [-0.1, -0.05) is 0 Å². The lowest BCUT2D eigenvalue weighted by Crippen LogP contribution is -2.45. The lowest BCUT2D eigenvalue weighted by Gasteiger charge is -2.34. The van der Waals surface area contributed by atoms with Gasteiger partial charge in [0.1, 0.15) is 6.17 Å². The van der Waals surface area contributed by atoms with Crippen molar-refractivity contribution < 1.29 is 9.18 Å². The molecule has 1 fully saturated rings. The molecule has 0 spiro atoms. The van der Waals surface area contributed by atoms with Crippen LogP contribution in [0.5, 0.6) is 0 Å². The maximum atomic E-state index is 14.0. The summed E-state index contributed by atoms with van der Waals surface area (Å²) in [4.78, 5) is 12.7. The minimum atomic E-state index is -1.09. The number of aromatic nitrogens is 2. The number of halogens is 1. The molecular weight excluding hydrogens is 223 g/mol. The van der Waals surface area contributed by atoms with Crippen LogP contribution in [-0.4, -0.2) is 39.8 Å². The van der Waals surface area contributed by atoms with Crippen LogP contribution in [0.15, 0.2) is 6.20 Å². The van der Waals surface area contributed by atoms with E-state index in [0.717, 1.165) is 5.69 Å². The van der Waals surface area contributed by atoms with Crippen LogP contribution in [0.1, 0.15) is 25.1 Å². The number of nitrogens with zero attached hydrogens (tertiary/aromatic N) is 3. The molecule has 1 aliphatic rings. The number of piperidine rings is 1. The van der Waals surface area contributed by atoms with E-state index in [1.54, 1.807) is 10.9 Å². The van der Waals surface area contributed by atoms with Crippen LogP contribution >= 0.6 is 0 Å². The summed E-state index contributed by atoms with van der Waals surface area (Å²) < 4.78 is 15.7. The van der Waals surface area contributed by atoms with E-state index < -0.39 is 6.17 Å². The summed E-state index contributed by atoms with van der Waals surface area (Å²) in [6.45, 7) is 4.00. The second-order valence-corrected chi connectivity index (χ2v) is 4.47. The fraction of sp³-hybridized carbons (Fsp3) is 0.636. The number of anilines is 1. The van der Waals surface area contributed by atoms with E-state index in [1.165, 1.54) is 11.8 Å². The number of hydrogen-bond acceptors (Lipinski definition) is 3. The zero-order valence-corrected chi connectivity index (χ0v) is 10.1. The molecule has 2 atom stereocenters. The van der Waals surface area contributed by atoms with Gasteiger partial charge in [0, 0.05) is 13.5 Å². The van der Waals surface area contributed by atoms with Gasteiger partial charge in [0.2, 0.25) is 5.91 Å². The van der Waals surface area contributed by atoms with Crippen LogP contribution in [0, 0.1) is 6.92 Å². The number of likely N-dealkylation sites (tertiary alicyclic amines) is 1. The van der Waals surface area contributed by atoms with E-state index in [9.17, 15) is 9.18 Å². The lowest BCUT2D eigenvalue weighted by molar-refractivity contribution is -0.131. The third-order valence-corrected chi connectivity index (χ3v) is 3.35. The van der Waals surface area contributed by atoms with Gasteiger partial charge in [-0.15, -0.1) is 0 Å². The molecule has 6 heteroatoms. The van der Waals surface area contributed by atoms with E-state index >= 15 is 0 Å². The summed E-state index contributed by atoms with van der Waals surface area (Å²) in [6.07, 6.45) is 1.02. The van der Waals surface area contributed by atoms with Crippen LogP contribution in [-0.2, 0) is 4.79 Å². The van der Waals surface area contributed by atoms with Gasteiger partial charge < -0.3 is 10.6 Å². The van der Waals surface area contributed by atoms with Crippen molar-refractivity contribution in [1.29, 1.82) is 0 Å². The largest absolute Gasteiger partial charge is 0.396 e. The Labute approximate surface area is 99.4 Å². The predicted molar refractivity (Wildman–Crippen MR) is 62.2 cm³/mol. The van der Waals surface area contributed by atoms with Crippen molar-refractivity contribution in [3.63, 3.8) is 0 Å². The molecule has 1 aliphatic heterocycles. The summed E-state index contributed by atoms with van der Waals surface area (Å²) in [5, 5.41) is 4.11. The van der Waals surface area contributed by atoms with E-state index in [2.05, 4.69) is 5.10 Å². The summed E-state index contributed by atoms with van der Waals surface area (Å²) in [5.74, 6) is -0.0807. The van der Waals surface area contributed by atoms with Gasteiger partial charge >= 0.3 is 0 Å². The number of amides is 1. The van der Waals surface area contributed by atoms with Crippen LogP contribution < -0.4 is 5.73 Å². The summed E-state index contributed by atoms with van der Waals surface area (Å²) in [7, 11) is 0. The molecule has 0 saturated carbocycles. The van der Waals surface area contributed by atoms with Crippen molar-refractivity contribution in [1.82, 2.24) is 14.7 Å². The van der Waals surface area contributed by atoms with E-state index in [1.807, 2.05) is 6.92 Å². The zero-order chi connectivity index (χ0) is 12.6. The second-order valence-electron chi connectivity index (χ2n) is 4.47. The first-order valence-electron chi connectivity index (χ1n) is 5.70. The number of carbonyl (C=O) groups is 1. The minimum Gasteiger partial charge on any atom is -0.396 e. The van der Waals surface area contributed by atoms with Gasteiger partial charge in [0.15, 0.2) is 0 Å². The number of alkyl halides is 1. The molecule has 1 unspecified atom stereocenters. The Balaban J connectivity index is 2.15. The van der Waals surface area contributed by atoms with Gasteiger partial charge in [-0.2, -0.15) is 5.10 Å². The van der Waals surface area contributed by atoms with Crippen LogP contribution in [0.25, 0.3) is 0 Å². The molecule has 0 bridgehead atoms. The highest BCUT2D eigenvalue weighted by atomic mass is 19.1. The van der Waals surface area contributed by atoms with Crippen molar-refractivity contribution in [2.45, 2.75) is 32.5 Å². The Kier molecular flexibility index (Phi) is 3.04. The Morgan fingerprint density at radius 1 is 1.65 bits per heavy atom. The number of nitrogen functional groups attached to an aromatic ring is 1. The molecule has 2 heterocycles. The zero-order valence-electron chi connectivity index (χ0n) is 10.1. The first kappa shape index (κ1) is 11.9. The highest BCUT2D eigenvalue weighted by Crippen LogP contribution is 2.27. The number of rotatable bonds is 1. The fourth-order valence-corrected chi connectivity index (χ4v) is 2.23. The Bertz CT molecular complexity index is 431. The second kappa shape index (κ2) is 4.35. The van der Waals surface area contributed by atoms with Gasteiger partial charge in [0.25, 0.3) is 0 Å². The maximum absolute atomic E-state index is 14.0. The highest BCUT2D eigenvalue weighted by molar-refractivity contribution is 5.73. The molecule has 94 valence electrons. The Morgan fingerprint density at radius 2 is 2.35 bits per heavy atom. The first-order chi connectivity index (χ1) is 8.00. The van der Waals surface area contributed by atoms with Crippen molar-refractivity contribution in [2.24, 2.45) is 0 Å². The highest BCUT2D eigenvalue weighted by Gasteiger charge is 2.32. The summed E-state index contributed by atoms with van der Waals surface area (Å²) in [5.41, 5.74) is 7.06. The fourth-order valence-electron chi connectivity index (χ4n) is 2.23. The maximum Gasteiger partial charge on any atom is 0.219 e. The minimum absolute atomic E-state index is 0.0807. The van der Waals surface area contributed by atoms with Crippen LogP contribution in [0.3, 0.4) is 0 Å². The molecule has 1 saturated heterocycles. The third kappa shape index (κ3) is 2.11. The van der Waals surface area contributed by atoms with Gasteiger partial charge in [0.05, 0.1) is 30.2 Å². The van der Waals surface area contributed by atoms with Crippen LogP contribution in [0.2, 0.25) is 0 Å². The molecule has 2 N–H and O–H groups in total. The molecule has 5 nitrogen and oxygen atoms in total. The van der Waals surface area contributed by atoms with Crippen molar-refractivity contribution in [3.8, 4) is 0 Å². The van der Waals surface area contributed by atoms with Gasteiger partial charge in [-0.25, -0.2) is 4.39 Å². The summed E-state index contributed by atoms with van der Waals surface area (Å²) in [6, 6.07) is -0.317. The Morgan fingerprint density at radius 3 is 2.82 bits per heavy atom. The first-order valence-corrected chi connectivity index (χ1v) is 5.70. The predicted octanol–water partition coefficient (Wildman–Crippen LogP) is 0.905. The van der Waals surface area contributed by atoms with Crippen molar-refractivity contribution >= 4 is 11.6 Å². The lowest BCUT2D eigenvalue weighted by atomic mass is 10.0. The topological polar surface area (TPSA) is 64.2 Å². The number of nitrogens with two attached hydrogens (primary N) is 1. The molecule has 1 amide bonds. The average molecular weight is 240 g/mol. The summed E-state index contributed by atoms with van der Waals surface area (Å²) >= 11 is 0. The van der Waals surface area contributed by atoms with Crippen molar-refractivity contribution in [3.05, 3.63) is 11.9 Å². The standard InChI is InChI=1S/C11H17FN4O/c1-7-10(13)5-14-16(7)11-3-4-15(8(2)17)6-9(11)12/h5,9,11H,3-4,6,13H2,1-2H3/t9-,11?/m0/s1. The number of carbonyl (C=O) groups excluding carboxylic acids is 1. The van der Waals surface area contributed by atoms with Crippen molar-refractivity contribution in [2.75, 3.05) is 18.8 Å². The molecule has 1 aromatic heterocycles. The van der Waals surface area contributed by atoms with E-state index in [4.69, 9.17) is 5.73 Å². The molecule has 0 aliphatic carbocycles. The molecule has 1 aromatic rings. The molecular formula is C11H17FN4O. The van der Waals surface area contributed by atoms with E-state index in [0.29, 0.717) is 18.7 Å². The van der Waals surface area contributed by atoms with Gasteiger partial charge in [-0.05, 0) is 13.3 Å². The molecule has 0 radical (unpaired) electrons. The SMILES string of the molecule is CC(=O)N1CCC(n2ncc(N)c2C)[C@@H](F)C1.